The second-order valence-corrected chi connectivity index (χ2v) is 5.31. The molecular formula is C17H15F6NO. The van der Waals surface area contributed by atoms with Gasteiger partial charge in [-0.15, -0.1) is 0 Å². The summed E-state index contributed by atoms with van der Waals surface area (Å²) in [6.07, 6.45) is -8.83. The maximum atomic E-state index is 12.9. The molecule has 0 unspecified atom stereocenters. The topological polar surface area (TPSA) is 21.3 Å². The molecular weight excluding hydrogens is 348 g/mol. The number of hydrogen-bond acceptors (Lipinski definition) is 2. The average molecular weight is 363 g/mol. The van der Waals surface area contributed by atoms with Gasteiger partial charge in [-0.05, 0) is 29.3 Å². The maximum Gasteiger partial charge on any atom is 0.422 e. The fraction of sp³-hybridized carbons (Fsp3) is 0.294. The van der Waals surface area contributed by atoms with Gasteiger partial charge < -0.3 is 10.1 Å². The number of hydrogen-bond donors (Lipinski definition) is 1. The molecule has 0 saturated carbocycles. The highest BCUT2D eigenvalue weighted by atomic mass is 19.4. The first-order chi connectivity index (χ1) is 11.6. The Balaban J connectivity index is 1.89. The molecule has 25 heavy (non-hydrogen) atoms. The second kappa shape index (κ2) is 7.77. The lowest BCUT2D eigenvalue weighted by atomic mass is 10.1. The van der Waals surface area contributed by atoms with E-state index in [1.165, 1.54) is 30.3 Å². The molecule has 0 aliphatic carbocycles. The van der Waals surface area contributed by atoms with Gasteiger partial charge in [-0.2, -0.15) is 26.3 Å². The third kappa shape index (κ3) is 6.30. The molecule has 8 heteroatoms. The van der Waals surface area contributed by atoms with E-state index in [0.717, 1.165) is 6.07 Å². The van der Waals surface area contributed by atoms with E-state index in [4.69, 9.17) is 0 Å². The van der Waals surface area contributed by atoms with E-state index in [9.17, 15) is 26.3 Å². The van der Waals surface area contributed by atoms with Crippen LogP contribution in [0.1, 0.15) is 16.7 Å². The summed E-state index contributed by atoms with van der Waals surface area (Å²) in [5, 5.41) is 2.89. The van der Waals surface area contributed by atoms with Crippen molar-refractivity contribution in [3.05, 3.63) is 65.2 Å². The van der Waals surface area contributed by atoms with Gasteiger partial charge in [-0.3, -0.25) is 0 Å². The zero-order chi connectivity index (χ0) is 18.5. The largest absolute Gasteiger partial charge is 0.484 e. The minimum atomic E-state index is -4.42. The minimum absolute atomic E-state index is 0.0159. The molecule has 0 atom stereocenters. The maximum absolute atomic E-state index is 12.9. The Morgan fingerprint density at radius 3 is 2.04 bits per heavy atom. The predicted molar refractivity (Wildman–Crippen MR) is 80.0 cm³/mol. The summed E-state index contributed by atoms with van der Waals surface area (Å²) in [4.78, 5) is 0. The summed E-state index contributed by atoms with van der Waals surface area (Å²) in [6.45, 7) is -1.09. The van der Waals surface area contributed by atoms with Gasteiger partial charge in [0.25, 0.3) is 0 Å². The van der Waals surface area contributed by atoms with Gasteiger partial charge >= 0.3 is 12.4 Å². The molecule has 0 spiro atoms. The molecule has 0 aromatic heterocycles. The fourth-order valence-electron chi connectivity index (χ4n) is 2.16. The normalized spacial score (nSPS) is 12.2. The van der Waals surface area contributed by atoms with E-state index in [-0.39, 0.29) is 24.4 Å². The fourth-order valence-corrected chi connectivity index (χ4v) is 2.16. The summed E-state index contributed by atoms with van der Waals surface area (Å²) in [7, 11) is 0. The van der Waals surface area contributed by atoms with Crippen molar-refractivity contribution in [3.63, 3.8) is 0 Å². The van der Waals surface area contributed by atoms with Crippen LogP contribution in [0.25, 0.3) is 0 Å². The lowest BCUT2D eigenvalue weighted by Crippen LogP contribution is -2.19. The van der Waals surface area contributed by atoms with Crippen molar-refractivity contribution >= 4 is 0 Å². The number of rotatable bonds is 6. The van der Waals surface area contributed by atoms with Gasteiger partial charge in [0.15, 0.2) is 6.61 Å². The van der Waals surface area contributed by atoms with Crippen molar-refractivity contribution in [3.8, 4) is 5.75 Å². The molecule has 0 heterocycles. The molecule has 2 nitrogen and oxygen atoms in total. The number of halogens is 6. The highest BCUT2D eigenvalue weighted by Gasteiger charge is 2.32. The molecule has 2 aromatic rings. The summed E-state index contributed by atoms with van der Waals surface area (Å²) in [5.41, 5.74) is 0.141. The first-order valence-electron chi connectivity index (χ1n) is 7.29. The first kappa shape index (κ1) is 19.1. The molecule has 2 rings (SSSR count). The number of alkyl halides is 6. The zero-order valence-electron chi connectivity index (χ0n) is 12.9. The quantitative estimate of drug-likeness (QED) is 0.735. The average Bonchev–Trinajstić information content (AvgIpc) is 2.53. The van der Waals surface area contributed by atoms with Crippen LogP contribution in [0.15, 0.2) is 48.5 Å². The monoisotopic (exact) mass is 363 g/mol. The first-order valence-corrected chi connectivity index (χ1v) is 7.29. The highest BCUT2D eigenvalue weighted by molar-refractivity contribution is 5.30. The summed E-state index contributed by atoms with van der Waals surface area (Å²) >= 11 is 0. The van der Waals surface area contributed by atoms with E-state index >= 15 is 0 Å². The third-order valence-electron chi connectivity index (χ3n) is 3.29. The number of ether oxygens (including phenoxy) is 1. The van der Waals surface area contributed by atoms with Crippen LogP contribution in [-0.2, 0) is 19.3 Å². The van der Waals surface area contributed by atoms with E-state index < -0.39 is 24.5 Å². The van der Waals surface area contributed by atoms with E-state index in [1.807, 2.05) is 0 Å². The molecule has 0 aliphatic rings. The zero-order valence-corrected chi connectivity index (χ0v) is 12.9. The molecule has 0 saturated heterocycles. The lowest BCUT2D eigenvalue weighted by molar-refractivity contribution is -0.153. The van der Waals surface area contributed by atoms with Crippen LogP contribution in [0.5, 0.6) is 5.75 Å². The SMILES string of the molecule is FC(F)(F)COc1ccc(CNCc2ccccc2C(F)(F)F)cc1. The molecule has 0 amide bonds. The molecule has 0 bridgehead atoms. The lowest BCUT2D eigenvalue weighted by Gasteiger charge is -2.13. The molecule has 0 aliphatic heterocycles. The Bertz CT molecular complexity index is 679. The Morgan fingerprint density at radius 1 is 0.800 bits per heavy atom. The van der Waals surface area contributed by atoms with Crippen LogP contribution in [-0.4, -0.2) is 12.8 Å². The molecule has 1 N–H and O–H groups in total. The third-order valence-corrected chi connectivity index (χ3v) is 3.29. The Labute approximate surface area is 140 Å². The summed E-state index contributed by atoms with van der Waals surface area (Å²) in [5.74, 6) is 0.0727. The minimum Gasteiger partial charge on any atom is -0.484 e. The van der Waals surface area contributed by atoms with Gasteiger partial charge in [0.1, 0.15) is 5.75 Å². The molecule has 2 aromatic carbocycles. The van der Waals surface area contributed by atoms with Crippen LogP contribution >= 0.6 is 0 Å². The molecule has 0 radical (unpaired) electrons. The van der Waals surface area contributed by atoms with E-state index in [1.54, 1.807) is 12.1 Å². The molecule has 0 fully saturated rings. The van der Waals surface area contributed by atoms with Crippen LogP contribution in [0, 0.1) is 0 Å². The van der Waals surface area contributed by atoms with Gasteiger partial charge in [0.05, 0.1) is 5.56 Å². The van der Waals surface area contributed by atoms with Crippen molar-refractivity contribution < 1.29 is 31.1 Å². The van der Waals surface area contributed by atoms with Crippen molar-refractivity contribution in [2.45, 2.75) is 25.4 Å². The van der Waals surface area contributed by atoms with Gasteiger partial charge in [0.2, 0.25) is 0 Å². The van der Waals surface area contributed by atoms with Gasteiger partial charge in [-0.25, -0.2) is 0 Å². The molecule has 136 valence electrons. The summed E-state index contributed by atoms with van der Waals surface area (Å²) < 4.78 is 79.4. The van der Waals surface area contributed by atoms with Crippen LogP contribution in [0.2, 0.25) is 0 Å². The van der Waals surface area contributed by atoms with E-state index in [0.29, 0.717) is 5.56 Å². The predicted octanol–water partition coefficient (Wildman–Crippen LogP) is 4.94. The summed E-state index contributed by atoms with van der Waals surface area (Å²) in [6, 6.07) is 11.1. The van der Waals surface area contributed by atoms with Crippen molar-refractivity contribution in [2.75, 3.05) is 6.61 Å². The number of benzene rings is 2. The van der Waals surface area contributed by atoms with Crippen molar-refractivity contribution in [2.24, 2.45) is 0 Å². The van der Waals surface area contributed by atoms with Gasteiger partial charge in [-0.1, -0.05) is 30.3 Å². The van der Waals surface area contributed by atoms with Crippen molar-refractivity contribution in [1.29, 1.82) is 0 Å². The highest BCUT2D eigenvalue weighted by Crippen LogP contribution is 2.31. The Kier molecular flexibility index (Phi) is 5.94. The van der Waals surface area contributed by atoms with Crippen LogP contribution in [0.4, 0.5) is 26.3 Å². The van der Waals surface area contributed by atoms with Crippen LogP contribution < -0.4 is 10.1 Å². The Hall–Kier alpha value is -2.22. The standard InChI is InChI=1S/C17H15F6NO/c18-16(19,20)11-25-14-7-5-12(6-8-14)9-24-10-13-3-1-2-4-15(13)17(21,22)23/h1-8,24H,9-11H2. The second-order valence-electron chi connectivity index (χ2n) is 5.31. The van der Waals surface area contributed by atoms with E-state index in [2.05, 4.69) is 10.1 Å². The van der Waals surface area contributed by atoms with Crippen LogP contribution in [0.3, 0.4) is 0 Å². The van der Waals surface area contributed by atoms with Gasteiger partial charge in [0, 0.05) is 13.1 Å². The number of nitrogens with one attached hydrogen (secondary N) is 1. The Morgan fingerprint density at radius 2 is 1.44 bits per heavy atom. The smallest absolute Gasteiger partial charge is 0.422 e. The van der Waals surface area contributed by atoms with Crippen molar-refractivity contribution in [1.82, 2.24) is 5.32 Å².